The molecule has 0 saturated heterocycles. The van der Waals surface area contributed by atoms with Crippen molar-refractivity contribution in [2.24, 2.45) is 0 Å². The van der Waals surface area contributed by atoms with Crippen LogP contribution in [0.25, 0.3) is 0 Å². The quantitative estimate of drug-likeness (QED) is 0.381. The molecule has 0 fully saturated rings. The molecule has 2 N–H and O–H groups in total. The van der Waals surface area contributed by atoms with Gasteiger partial charge in [0, 0.05) is 23.8 Å². The van der Waals surface area contributed by atoms with Crippen LogP contribution in [0.3, 0.4) is 0 Å². The number of thioether (sulfide) groups is 1. The number of nitrogens with zero attached hydrogens (tertiary/aromatic N) is 2. The summed E-state index contributed by atoms with van der Waals surface area (Å²) in [5.74, 6) is 1.04. The predicted octanol–water partition coefficient (Wildman–Crippen LogP) is 2.78. The highest BCUT2D eigenvalue weighted by Gasteiger charge is 1.97. The van der Waals surface area contributed by atoms with Crippen molar-refractivity contribution >= 4 is 17.4 Å². The first kappa shape index (κ1) is 11.9. The van der Waals surface area contributed by atoms with Crippen molar-refractivity contribution in [1.82, 2.24) is 9.97 Å². The fraction of sp³-hybridized carbons (Fsp3) is 0.231. The molecule has 88 valence electrons. The maximum Gasteiger partial charge on any atom is 0.187 e. The third-order valence-electron chi connectivity index (χ3n) is 2.36. The minimum atomic E-state index is 0.820. The van der Waals surface area contributed by atoms with Gasteiger partial charge in [-0.2, -0.15) is 0 Å². The molecule has 0 unspecified atom stereocenters. The summed E-state index contributed by atoms with van der Waals surface area (Å²) in [7, 11) is 0. The van der Waals surface area contributed by atoms with Crippen molar-refractivity contribution in [3.8, 4) is 0 Å². The van der Waals surface area contributed by atoms with E-state index in [0.717, 1.165) is 29.4 Å². The van der Waals surface area contributed by atoms with Gasteiger partial charge in [-0.25, -0.2) is 9.97 Å². The molecule has 0 saturated carbocycles. The second-order valence-electron chi connectivity index (χ2n) is 3.72. The Morgan fingerprint density at radius 1 is 1.06 bits per heavy atom. The van der Waals surface area contributed by atoms with Gasteiger partial charge in [-0.15, -0.1) is 0 Å². The monoisotopic (exact) mass is 245 g/mol. The lowest BCUT2D eigenvalue weighted by Gasteiger charge is -2.01. The molecule has 1 aromatic carbocycles. The van der Waals surface area contributed by atoms with E-state index in [1.165, 1.54) is 5.56 Å². The van der Waals surface area contributed by atoms with Gasteiger partial charge >= 0.3 is 0 Å². The van der Waals surface area contributed by atoms with Crippen molar-refractivity contribution in [2.75, 3.05) is 11.5 Å². The second-order valence-corrected chi connectivity index (χ2v) is 4.79. The lowest BCUT2D eigenvalue weighted by Crippen LogP contribution is -1.91. The van der Waals surface area contributed by atoms with Crippen LogP contribution in [0.5, 0.6) is 0 Å². The number of anilines is 1. The Kier molecular flexibility index (Phi) is 4.38. The molecule has 4 heteroatoms. The molecule has 0 aliphatic heterocycles. The maximum absolute atomic E-state index is 5.64. The van der Waals surface area contributed by atoms with Gasteiger partial charge in [0.2, 0.25) is 0 Å². The van der Waals surface area contributed by atoms with Gasteiger partial charge in [-0.3, -0.25) is 0 Å². The normalized spacial score (nSPS) is 10.4. The third-order valence-corrected chi connectivity index (χ3v) is 3.32. The highest BCUT2D eigenvalue weighted by molar-refractivity contribution is 7.99. The zero-order chi connectivity index (χ0) is 11.9. The van der Waals surface area contributed by atoms with Gasteiger partial charge in [-0.05, 0) is 36.6 Å². The molecule has 0 bridgehead atoms. The van der Waals surface area contributed by atoms with Gasteiger partial charge in [0.1, 0.15) is 0 Å². The largest absolute Gasteiger partial charge is 0.399 e. The van der Waals surface area contributed by atoms with Crippen LogP contribution in [0.2, 0.25) is 0 Å². The summed E-state index contributed by atoms with van der Waals surface area (Å²) in [6, 6.07) is 9.89. The van der Waals surface area contributed by atoms with E-state index in [1.54, 1.807) is 24.2 Å². The average Bonchev–Trinajstić information content (AvgIpc) is 2.38. The van der Waals surface area contributed by atoms with Gasteiger partial charge in [0.05, 0.1) is 0 Å². The number of benzene rings is 1. The van der Waals surface area contributed by atoms with Crippen LogP contribution in [0.1, 0.15) is 12.0 Å². The lowest BCUT2D eigenvalue weighted by molar-refractivity contribution is 0.918. The first-order valence-corrected chi connectivity index (χ1v) is 6.57. The van der Waals surface area contributed by atoms with Crippen LogP contribution >= 0.6 is 11.8 Å². The van der Waals surface area contributed by atoms with Crippen LogP contribution in [-0.4, -0.2) is 15.7 Å². The molecular formula is C13H15N3S. The topological polar surface area (TPSA) is 51.8 Å². The Hall–Kier alpha value is -1.55. The predicted molar refractivity (Wildman–Crippen MR) is 71.9 cm³/mol. The number of nitrogens with two attached hydrogens (primary N) is 1. The SMILES string of the molecule is Nc1ccc(CCCSc2ncccn2)cc1. The molecule has 1 aromatic heterocycles. The van der Waals surface area contributed by atoms with Gasteiger partial charge < -0.3 is 5.73 Å². The Bertz CT molecular complexity index is 442. The average molecular weight is 245 g/mol. The van der Waals surface area contributed by atoms with Gasteiger partial charge in [0.15, 0.2) is 5.16 Å². The van der Waals surface area contributed by atoms with Crippen LogP contribution in [-0.2, 0) is 6.42 Å². The van der Waals surface area contributed by atoms with Crippen molar-refractivity contribution in [2.45, 2.75) is 18.0 Å². The fourth-order valence-corrected chi connectivity index (χ4v) is 2.23. The van der Waals surface area contributed by atoms with E-state index in [1.807, 2.05) is 18.2 Å². The molecule has 0 aliphatic rings. The number of rotatable bonds is 5. The number of hydrogen-bond acceptors (Lipinski definition) is 4. The molecule has 17 heavy (non-hydrogen) atoms. The van der Waals surface area contributed by atoms with Gasteiger partial charge in [-0.1, -0.05) is 23.9 Å². The molecule has 0 amide bonds. The summed E-state index contributed by atoms with van der Waals surface area (Å²) in [4.78, 5) is 8.34. The van der Waals surface area contributed by atoms with E-state index in [9.17, 15) is 0 Å². The number of aromatic nitrogens is 2. The van der Waals surface area contributed by atoms with Crippen molar-refractivity contribution in [3.05, 3.63) is 48.3 Å². The second kappa shape index (κ2) is 6.25. The van der Waals surface area contributed by atoms with E-state index in [2.05, 4.69) is 22.1 Å². The van der Waals surface area contributed by atoms with Gasteiger partial charge in [0.25, 0.3) is 0 Å². The molecule has 1 heterocycles. The van der Waals surface area contributed by atoms with E-state index >= 15 is 0 Å². The van der Waals surface area contributed by atoms with E-state index < -0.39 is 0 Å². The minimum Gasteiger partial charge on any atom is -0.399 e. The zero-order valence-corrected chi connectivity index (χ0v) is 10.4. The Morgan fingerprint density at radius 2 is 1.76 bits per heavy atom. The highest BCUT2D eigenvalue weighted by atomic mass is 32.2. The molecule has 0 radical (unpaired) electrons. The molecule has 3 nitrogen and oxygen atoms in total. The van der Waals surface area contributed by atoms with E-state index in [0.29, 0.717) is 0 Å². The van der Waals surface area contributed by atoms with Crippen molar-refractivity contribution in [3.63, 3.8) is 0 Å². The molecule has 0 atom stereocenters. The standard InChI is InChI=1S/C13H15N3S/c14-12-6-4-11(5-7-12)3-1-10-17-13-15-8-2-9-16-13/h2,4-9H,1,3,10,14H2. The number of aryl methyl sites for hydroxylation is 1. The summed E-state index contributed by atoms with van der Waals surface area (Å²) in [6.45, 7) is 0. The first-order valence-electron chi connectivity index (χ1n) is 5.59. The van der Waals surface area contributed by atoms with Crippen LogP contribution in [0, 0.1) is 0 Å². The van der Waals surface area contributed by atoms with Crippen molar-refractivity contribution < 1.29 is 0 Å². The Balaban J connectivity index is 1.71. The molecule has 2 rings (SSSR count). The fourth-order valence-electron chi connectivity index (χ4n) is 1.48. The Morgan fingerprint density at radius 3 is 2.47 bits per heavy atom. The van der Waals surface area contributed by atoms with Crippen LogP contribution in [0.4, 0.5) is 5.69 Å². The molecule has 2 aromatic rings. The lowest BCUT2D eigenvalue weighted by atomic mass is 10.1. The van der Waals surface area contributed by atoms with Crippen molar-refractivity contribution in [1.29, 1.82) is 0 Å². The van der Waals surface area contributed by atoms with Crippen LogP contribution in [0.15, 0.2) is 47.9 Å². The summed E-state index contributed by atoms with van der Waals surface area (Å²) >= 11 is 1.70. The first-order chi connectivity index (χ1) is 8.34. The van der Waals surface area contributed by atoms with E-state index in [-0.39, 0.29) is 0 Å². The summed E-state index contributed by atoms with van der Waals surface area (Å²) in [5, 5.41) is 0.852. The number of hydrogen-bond donors (Lipinski definition) is 1. The number of nitrogen functional groups attached to an aromatic ring is 1. The third kappa shape index (κ3) is 4.07. The maximum atomic E-state index is 5.64. The zero-order valence-electron chi connectivity index (χ0n) is 9.54. The smallest absolute Gasteiger partial charge is 0.187 e. The summed E-state index contributed by atoms with van der Waals surface area (Å²) < 4.78 is 0. The minimum absolute atomic E-state index is 0.820. The summed E-state index contributed by atoms with van der Waals surface area (Å²) in [6.07, 6.45) is 5.73. The Labute approximate surface area is 105 Å². The molecular weight excluding hydrogens is 230 g/mol. The van der Waals surface area contributed by atoms with Crippen LogP contribution < -0.4 is 5.73 Å². The highest BCUT2D eigenvalue weighted by Crippen LogP contribution is 2.14. The molecule has 0 aliphatic carbocycles. The molecule has 0 spiro atoms. The van der Waals surface area contributed by atoms with E-state index in [4.69, 9.17) is 5.73 Å². The summed E-state index contributed by atoms with van der Waals surface area (Å²) in [5.41, 5.74) is 7.78.